The summed E-state index contributed by atoms with van der Waals surface area (Å²) in [6.07, 6.45) is 0. The number of rotatable bonds is 3. The lowest BCUT2D eigenvalue weighted by atomic mass is 10.1. The van der Waals surface area contributed by atoms with Crippen LogP contribution in [-0.2, 0) is 6.54 Å². The highest BCUT2D eigenvalue weighted by atomic mass is 79.9. The summed E-state index contributed by atoms with van der Waals surface area (Å²) in [4.78, 5) is 0. The van der Waals surface area contributed by atoms with E-state index in [9.17, 15) is 8.78 Å². The minimum Gasteiger partial charge on any atom is -0.380 e. The van der Waals surface area contributed by atoms with E-state index in [1.165, 1.54) is 12.1 Å². The third-order valence-corrected chi connectivity index (χ3v) is 4.05. The van der Waals surface area contributed by atoms with Gasteiger partial charge in [0.1, 0.15) is 11.6 Å². The molecular weight excluding hydrogens is 336 g/mol. The van der Waals surface area contributed by atoms with Crippen LogP contribution in [0.25, 0.3) is 10.8 Å². The molecule has 3 aromatic rings. The third kappa shape index (κ3) is 2.90. The molecule has 0 radical (unpaired) electrons. The Morgan fingerprint density at radius 1 is 0.905 bits per heavy atom. The SMILES string of the molecule is Fc1ccc(CNc2ccc(Br)c3ccccc23)c(F)c1. The second-order valence-electron chi connectivity index (χ2n) is 4.73. The van der Waals surface area contributed by atoms with E-state index < -0.39 is 11.6 Å². The molecule has 3 aromatic carbocycles. The Bertz CT molecular complexity index is 802. The van der Waals surface area contributed by atoms with Crippen molar-refractivity contribution in [3.05, 3.63) is 76.3 Å². The number of anilines is 1. The summed E-state index contributed by atoms with van der Waals surface area (Å²) < 4.78 is 27.6. The van der Waals surface area contributed by atoms with Gasteiger partial charge in [0, 0.05) is 33.7 Å². The first-order chi connectivity index (χ1) is 10.1. The van der Waals surface area contributed by atoms with Gasteiger partial charge in [-0.3, -0.25) is 0 Å². The van der Waals surface area contributed by atoms with E-state index in [4.69, 9.17) is 0 Å². The third-order valence-electron chi connectivity index (χ3n) is 3.36. The van der Waals surface area contributed by atoms with Gasteiger partial charge in [0.2, 0.25) is 0 Å². The molecule has 0 bridgehead atoms. The zero-order valence-electron chi connectivity index (χ0n) is 11.0. The van der Waals surface area contributed by atoms with Crippen LogP contribution in [0, 0.1) is 11.6 Å². The minimum absolute atomic E-state index is 0.303. The molecule has 0 atom stereocenters. The number of hydrogen-bond acceptors (Lipinski definition) is 1. The van der Waals surface area contributed by atoms with Gasteiger partial charge >= 0.3 is 0 Å². The number of nitrogens with one attached hydrogen (secondary N) is 1. The molecule has 0 amide bonds. The van der Waals surface area contributed by atoms with Crippen molar-refractivity contribution in [2.45, 2.75) is 6.54 Å². The molecule has 0 fully saturated rings. The summed E-state index contributed by atoms with van der Waals surface area (Å²) >= 11 is 3.52. The average Bonchev–Trinajstić information content (AvgIpc) is 2.48. The molecular formula is C17H12BrF2N. The summed E-state index contributed by atoms with van der Waals surface area (Å²) in [6.45, 7) is 0.303. The summed E-state index contributed by atoms with van der Waals surface area (Å²) in [5.41, 5.74) is 1.35. The van der Waals surface area contributed by atoms with Gasteiger partial charge in [-0.25, -0.2) is 8.78 Å². The molecule has 0 heterocycles. The maximum absolute atomic E-state index is 13.6. The first kappa shape index (κ1) is 14.0. The van der Waals surface area contributed by atoms with Crippen LogP contribution in [0.2, 0.25) is 0 Å². The average molecular weight is 348 g/mol. The number of fused-ring (bicyclic) bond motifs is 1. The summed E-state index contributed by atoms with van der Waals surface area (Å²) in [5.74, 6) is -1.10. The summed E-state index contributed by atoms with van der Waals surface area (Å²) in [5, 5.41) is 5.34. The van der Waals surface area contributed by atoms with E-state index in [0.717, 1.165) is 27.0 Å². The smallest absolute Gasteiger partial charge is 0.131 e. The lowest BCUT2D eigenvalue weighted by Gasteiger charge is -2.11. The van der Waals surface area contributed by atoms with Gasteiger partial charge < -0.3 is 5.32 Å². The fourth-order valence-corrected chi connectivity index (χ4v) is 2.75. The van der Waals surface area contributed by atoms with E-state index in [-0.39, 0.29) is 0 Å². The van der Waals surface area contributed by atoms with E-state index in [2.05, 4.69) is 21.2 Å². The maximum atomic E-state index is 13.6. The van der Waals surface area contributed by atoms with E-state index in [1.807, 2.05) is 36.4 Å². The van der Waals surface area contributed by atoms with Gasteiger partial charge in [-0.1, -0.05) is 46.3 Å². The molecule has 21 heavy (non-hydrogen) atoms. The summed E-state index contributed by atoms with van der Waals surface area (Å²) in [7, 11) is 0. The van der Waals surface area contributed by atoms with Gasteiger partial charge in [0.05, 0.1) is 0 Å². The molecule has 3 rings (SSSR count). The topological polar surface area (TPSA) is 12.0 Å². The van der Waals surface area contributed by atoms with Gasteiger partial charge in [-0.2, -0.15) is 0 Å². The van der Waals surface area contributed by atoms with E-state index in [1.54, 1.807) is 0 Å². The van der Waals surface area contributed by atoms with Crippen molar-refractivity contribution >= 4 is 32.4 Å². The van der Waals surface area contributed by atoms with Crippen molar-refractivity contribution < 1.29 is 8.78 Å². The number of benzene rings is 3. The quantitative estimate of drug-likeness (QED) is 0.660. The van der Waals surface area contributed by atoms with Gasteiger partial charge in [-0.15, -0.1) is 0 Å². The van der Waals surface area contributed by atoms with Crippen LogP contribution in [0.1, 0.15) is 5.56 Å². The monoisotopic (exact) mass is 347 g/mol. The Balaban J connectivity index is 1.90. The highest BCUT2D eigenvalue weighted by Gasteiger charge is 2.06. The highest BCUT2D eigenvalue weighted by Crippen LogP contribution is 2.30. The maximum Gasteiger partial charge on any atom is 0.131 e. The fourth-order valence-electron chi connectivity index (χ4n) is 2.27. The largest absolute Gasteiger partial charge is 0.380 e. The second kappa shape index (κ2) is 5.82. The van der Waals surface area contributed by atoms with Crippen molar-refractivity contribution in [1.82, 2.24) is 0 Å². The molecule has 4 heteroatoms. The first-order valence-corrected chi connectivity index (χ1v) is 7.29. The van der Waals surface area contributed by atoms with Crippen molar-refractivity contribution in [3.63, 3.8) is 0 Å². The molecule has 1 N–H and O–H groups in total. The lowest BCUT2D eigenvalue weighted by molar-refractivity contribution is 0.574. The molecule has 0 unspecified atom stereocenters. The summed E-state index contributed by atoms with van der Waals surface area (Å²) in [6, 6.07) is 15.5. The first-order valence-electron chi connectivity index (χ1n) is 6.50. The van der Waals surface area contributed by atoms with Crippen LogP contribution in [0.3, 0.4) is 0 Å². The molecule has 0 aliphatic carbocycles. The molecule has 0 saturated heterocycles. The van der Waals surface area contributed by atoms with Gasteiger partial charge in [0.25, 0.3) is 0 Å². The molecule has 1 nitrogen and oxygen atoms in total. The molecule has 0 aliphatic rings. The van der Waals surface area contributed by atoms with Crippen molar-refractivity contribution in [2.24, 2.45) is 0 Å². The number of hydrogen-bond donors (Lipinski definition) is 1. The van der Waals surface area contributed by atoms with Gasteiger partial charge in [0.15, 0.2) is 0 Å². The standard InChI is InChI=1S/C17H12BrF2N/c18-15-7-8-17(14-4-2-1-3-13(14)15)21-10-11-5-6-12(19)9-16(11)20/h1-9,21H,10H2. The van der Waals surface area contributed by atoms with Crippen molar-refractivity contribution in [3.8, 4) is 0 Å². The lowest BCUT2D eigenvalue weighted by Crippen LogP contribution is -2.02. The van der Waals surface area contributed by atoms with E-state index in [0.29, 0.717) is 12.1 Å². The van der Waals surface area contributed by atoms with Crippen LogP contribution < -0.4 is 5.32 Å². The number of halogens is 3. The van der Waals surface area contributed by atoms with Crippen molar-refractivity contribution in [2.75, 3.05) is 5.32 Å². The Labute approximate surface area is 129 Å². The van der Waals surface area contributed by atoms with Crippen LogP contribution in [-0.4, -0.2) is 0 Å². The highest BCUT2D eigenvalue weighted by molar-refractivity contribution is 9.10. The van der Waals surface area contributed by atoms with Crippen molar-refractivity contribution in [1.29, 1.82) is 0 Å². The molecule has 0 aliphatic heterocycles. The zero-order valence-corrected chi connectivity index (χ0v) is 12.6. The predicted octanol–water partition coefficient (Wildman–Crippen LogP) is 5.49. The minimum atomic E-state index is -0.564. The Morgan fingerprint density at radius 2 is 1.67 bits per heavy atom. The van der Waals surface area contributed by atoms with Crippen LogP contribution in [0.15, 0.2) is 59.1 Å². The molecule has 0 spiro atoms. The molecule has 0 aromatic heterocycles. The van der Waals surface area contributed by atoms with E-state index >= 15 is 0 Å². The zero-order chi connectivity index (χ0) is 14.8. The Kier molecular flexibility index (Phi) is 3.88. The van der Waals surface area contributed by atoms with Crippen LogP contribution in [0.5, 0.6) is 0 Å². The second-order valence-corrected chi connectivity index (χ2v) is 5.58. The van der Waals surface area contributed by atoms with Gasteiger partial charge in [-0.05, 0) is 23.6 Å². The van der Waals surface area contributed by atoms with Crippen LogP contribution in [0.4, 0.5) is 14.5 Å². The van der Waals surface area contributed by atoms with Crippen LogP contribution >= 0.6 is 15.9 Å². The predicted molar refractivity (Wildman–Crippen MR) is 85.3 cm³/mol. The fraction of sp³-hybridized carbons (Fsp3) is 0.0588. The molecule has 106 valence electrons. The Hall–Kier alpha value is -1.94. The Morgan fingerprint density at radius 3 is 2.43 bits per heavy atom. The normalized spacial score (nSPS) is 10.8. The molecule has 0 saturated carbocycles.